The molecule has 1 aliphatic rings. The second-order valence-corrected chi connectivity index (χ2v) is 5.23. The van der Waals surface area contributed by atoms with E-state index in [9.17, 15) is 0 Å². The number of ether oxygens (including phenoxy) is 1. The summed E-state index contributed by atoms with van der Waals surface area (Å²) in [5.41, 5.74) is 1.31. The standard InChI is InChI=1S/C12H16ClNO/c1-12(2)7-14-11(15-8-12)9-4-3-5-10(13)6-9/h3-6,11,14H,7-8H2,1-2H3. The molecule has 1 saturated heterocycles. The molecular formula is C12H16ClNO. The SMILES string of the molecule is CC1(C)CNC(c2cccc(Cl)c2)OC1. The Morgan fingerprint density at radius 2 is 2.27 bits per heavy atom. The zero-order valence-corrected chi connectivity index (χ0v) is 9.84. The van der Waals surface area contributed by atoms with Crippen LogP contribution >= 0.6 is 11.6 Å². The van der Waals surface area contributed by atoms with Gasteiger partial charge in [0.2, 0.25) is 0 Å². The molecule has 0 bridgehead atoms. The van der Waals surface area contributed by atoms with Gasteiger partial charge >= 0.3 is 0 Å². The lowest BCUT2D eigenvalue weighted by atomic mass is 9.93. The minimum Gasteiger partial charge on any atom is -0.358 e. The summed E-state index contributed by atoms with van der Waals surface area (Å²) in [6.45, 7) is 6.11. The van der Waals surface area contributed by atoms with Crippen LogP contribution < -0.4 is 5.32 Å². The van der Waals surface area contributed by atoms with Crippen molar-refractivity contribution in [2.24, 2.45) is 5.41 Å². The van der Waals surface area contributed by atoms with E-state index in [2.05, 4.69) is 19.2 Å². The summed E-state index contributed by atoms with van der Waals surface area (Å²) in [6.07, 6.45) is -0.0169. The molecule has 0 aromatic heterocycles. The Labute approximate surface area is 95.6 Å². The normalized spacial score (nSPS) is 25.1. The Morgan fingerprint density at radius 1 is 1.47 bits per heavy atom. The van der Waals surface area contributed by atoms with Crippen molar-refractivity contribution in [3.63, 3.8) is 0 Å². The van der Waals surface area contributed by atoms with Crippen molar-refractivity contribution in [1.82, 2.24) is 5.32 Å². The van der Waals surface area contributed by atoms with Crippen LogP contribution in [0.4, 0.5) is 0 Å². The van der Waals surface area contributed by atoms with Gasteiger partial charge in [0.05, 0.1) is 6.61 Å². The summed E-state index contributed by atoms with van der Waals surface area (Å²) in [4.78, 5) is 0. The van der Waals surface area contributed by atoms with Crippen LogP contribution in [0.1, 0.15) is 25.6 Å². The maximum Gasteiger partial charge on any atom is 0.134 e. The second-order valence-electron chi connectivity index (χ2n) is 4.79. The van der Waals surface area contributed by atoms with Crippen LogP contribution in [0.5, 0.6) is 0 Å². The maximum absolute atomic E-state index is 5.94. The van der Waals surface area contributed by atoms with Crippen LogP contribution in [0, 0.1) is 5.41 Å². The van der Waals surface area contributed by atoms with Gasteiger partial charge < -0.3 is 4.74 Å². The maximum atomic E-state index is 5.94. The van der Waals surface area contributed by atoms with Crippen molar-refractivity contribution in [1.29, 1.82) is 0 Å². The molecule has 15 heavy (non-hydrogen) atoms. The fraction of sp³-hybridized carbons (Fsp3) is 0.500. The van der Waals surface area contributed by atoms with E-state index in [4.69, 9.17) is 16.3 Å². The highest BCUT2D eigenvalue weighted by atomic mass is 35.5. The highest BCUT2D eigenvalue weighted by Crippen LogP contribution is 2.27. The Bertz CT molecular complexity index is 341. The van der Waals surface area contributed by atoms with E-state index >= 15 is 0 Å². The van der Waals surface area contributed by atoms with E-state index in [0.29, 0.717) is 0 Å². The molecule has 2 rings (SSSR count). The summed E-state index contributed by atoms with van der Waals surface area (Å²) in [7, 11) is 0. The van der Waals surface area contributed by atoms with Crippen LogP contribution in [0.3, 0.4) is 0 Å². The predicted molar refractivity (Wildman–Crippen MR) is 61.9 cm³/mol. The molecule has 1 fully saturated rings. The summed E-state index contributed by atoms with van der Waals surface area (Å²) in [5, 5.41) is 4.12. The highest BCUT2D eigenvalue weighted by molar-refractivity contribution is 6.30. The molecule has 0 radical (unpaired) electrons. The van der Waals surface area contributed by atoms with Crippen molar-refractivity contribution in [2.45, 2.75) is 20.1 Å². The molecule has 0 spiro atoms. The first-order valence-corrected chi connectivity index (χ1v) is 5.55. The van der Waals surface area contributed by atoms with Gasteiger partial charge in [-0.25, -0.2) is 0 Å². The Morgan fingerprint density at radius 3 is 2.87 bits per heavy atom. The number of hydrogen-bond acceptors (Lipinski definition) is 2. The van der Waals surface area contributed by atoms with Crippen LogP contribution in [-0.4, -0.2) is 13.2 Å². The van der Waals surface area contributed by atoms with Gasteiger partial charge in [0, 0.05) is 17.0 Å². The third kappa shape index (κ3) is 2.71. The number of rotatable bonds is 1. The number of benzene rings is 1. The molecule has 0 amide bonds. The van der Waals surface area contributed by atoms with E-state index in [1.807, 2.05) is 24.3 Å². The largest absolute Gasteiger partial charge is 0.358 e. The number of hydrogen-bond donors (Lipinski definition) is 1. The van der Waals surface area contributed by atoms with E-state index in [-0.39, 0.29) is 11.6 Å². The molecule has 1 aliphatic heterocycles. The molecular weight excluding hydrogens is 210 g/mol. The van der Waals surface area contributed by atoms with Gasteiger partial charge in [-0.15, -0.1) is 0 Å². The molecule has 1 aromatic carbocycles. The molecule has 1 heterocycles. The quantitative estimate of drug-likeness (QED) is 0.794. The molecule has 1 N–H and O–H groups in total. The molecule has 1 unspecified atom stereocenters. The molecule has 82 valence electrons. The monoisotopic (exact) mass is 225 g/mol. The summed E-state index contributed by atoms with van der Waals surface area (Å²) in [6, 6.07) is 7.79. The first-order valence-electron chi connectivity index (χ1n) is 5.17. The molecule has 1 atom stereocenters. The van der Waals surface area contributed by atoms with Gasteiger partial charge in [0.1, 0.15) is 6.23 Å². The fourth-order valence-electron chi connectivity index (χ4n) is 1.67. The Kier molecular flexibility index (Phi) is 3.01. The second kappa shape index (κ2) is 4.12. The van der Waals surface area contributed by atoms with Crippen molar-refractivity contribution in [3.05, 3.63) is 34.9 Å². The fourth-order valence-corrected chi connectivity index (χ4v) is 1.87. The van der Waals surface area contributed by atoms with Crippen molar-refractivity contribution >= 4 is 11.6 Å². The molecule has 0 saturated carbocycles. The number of halogens is 1. The van der Waals surface area contributed by atoms with E-state index < -0.39 is 0 Å². The van der Waals surface area contributed by atoms with Crippen molar-refractivity contribution in [2.75, 3.05) is 13.2 Å². The van der Waals surface area contributed by atoms with Gasteiger partial charge in [-0.2, -0.15) is 0 Å². The summed E-state index contributed by atoms with van der Waals surface area (Å²) in [5.74, 6) is 0. The van der Waals surface area contributed by atoms with Crippen LogP contribution in [0.2, 0.25) is 5.02 Å². The average Bonchev–Trinajstić information content (AvgIpc) is 2.17. The molecule has 3 heteroatoms. The zero-order chi connectivity index (χ0) is 10.9. The molecule has 1 aromatic rings. The third-order valence-corrected chi connectivity index (χ3v) is 2.79. The lowest BCUT2D eigenvalue weighted by molar-refractivity contribution is -0.0595. The van der Waals surface area contributed by atoms with Crippen molar-refractivity contribution in [3.8, 4) is 0 Å². The van der Waals surface area contributed by atoms with Gasteiger partial charge in [-0.05, 0) is 17.7 Å². The Hall–Kier alpha value is -0.570. The zero-order valence-electron chi connectivity index (χ0n) is 9.09. The minimum atomic E-state index is -0.0169. The lowest BCUT2D eigenvalue weighted by Gasteiger charge is -2.35. The van der Waals surface area contributed by atoms with Crippen LogP contribution in [0.25, 0.3) is 0 Å². The topological polar surface area (TPSA) is 21.3 Å². The van der Waals surface area contributed by atoms with Crippen LogP contribution in [0.15, 0.2) is 24.3 Å². The van der Waals surface area contributed by atoms with Gasteiger partial charge in [-0.1, -0.05) is 37.6 Å². The summed E-state index contributed by atoms with van der Waals surface area (Å²) >= 11 is 5.94. The Balaban J connectivity index is 2.08. The van der Waals surface area contributed by atoms with Gasteiger partial charge in [0.15, 0.2) is 0 Å². The van der Waals surface area contributed by atoms with Gasteiger partial charge in [0.25, 0.3) is 0 Å². The predicted octanol–water partition coefficient (Wildman–Crippen LogP) is 2.98. The van der Waals surface area contributed by atoms with Crippen LogP contribution in [-0.2, 0) is 4.74 Å². The first kappa shape index (κ1) is 10.9. The average molecular weight is 226 g/mol. The third-order valence-electron chi connectivity index (χ3n) is 2.56. The minimum absolute atomic E-state index is 0.0169. The van der Waals surface area contributed by atoms with E-state index in [1.54, 1.807) is 0 Å². The smallest absolute Gasteiger partial charge is 0.134 e. The highest BCUT2D eigenvalue weighted by Gasteiger charge is 2.27. The molecule has 2 nitrogen and oxygen atoms in total. The first-order chi connectivity index (χ1) is 7.07. The summed E-state index contributed by atoms with van der Waals surface area (Å²) < 4.78 is 5.76. The van der Waals surface area contributed by atoms with E-state index in [0.717, 1.165) is 23.7 Å². The number of nitrogens with one attached hydrogen (secondary N) is 1. The van der Waals surface area contributed by atoms with E-state index in [1.165, 1.54) is 0 Å². The lowest BCUT2D eigenvalue weighted by Crippen LogP contribution is -2.42. The molecule has 0 aliphatic carbocycles. The van der Waals surface area contributed by atoms with Crippen molar-refractivity contribution < 1.29 is 4.74 Å². The van der Waals surface area contributed by atoms with Gasteiger partial charge in [-0.3, -0.25) is 5.32 Å².